The van der Waals surface area contributed by atoms with Crippen molar-refractivity contribution in [2.45, 2.75) is 32.6 Å². The lowest BCUT2D eigenvalue weighted by molar-refractivity contribution is 0.564. The fraction of sp³-hybridized carbons (Fsp3) is 0.312. The maximum Gasteiger partial charge on any atom is 0.214 e. The smallest absolute Gasteiger partial charge is 0.214 e. The largest absolute Gasteiger partial charge is 0.448 e. The summed E-state index contributed by atoms with van der Waals surface area (Å²) in [7, 11) is -3.70. The minimum absolute atomic E-state index is 1.01. The van der Waals surface area contributed by atoms with Crippen LogP contribution in [0.2, 0.25) is 26.2 Å². The Kier molecular flexibility index (Phi) is 4.11. The lowest BCUT2D eigenvalue weighted by Gasteiger charge is -2.34. The lowest BCUT2D eigenvalue weighted by Crippen LogP contribution is -2.46. The van der Waals surface area contributed by atoms with Crippen LogP contribution in [0.1, 0.15) is 6.42 Å². The van der Waals surface area contributed by atoms with E-state index in [4.69, 9.17) is 4.12 Å². The zero-order valence-electron chi connectivity index (χ0n) is 12.2. The fourth-order valence-corrected chi connectivity index (χ4v) is 10.5. The summed E-state index contributed by atoms with van der Waals surface area (Å²) in [4.78, 5) is 0. The van der Waals surface area contributed by atoms with E-state index < -0.39 is 16.6 Å². The molecule has 19 heavy (non-hydrogen) atoms. The number of hydrogen-bond donors (Lipinski definition) is 0. The van der Waals surface area contributed by atoms with E-state index in [1.165, 1.54) is 10.4 Å². The molecule has 0 fully saturated rings. The highest BCUT2D eigenvalue weighted by Gasteiger charge is 2.37. The van der Waals surface area contributed by atoms with Crippen LogP contribution in [0, 0.1) is 0 Å². The van der Waals surface area contributed by atoms with Gasteiger partial charge >= 0.3 is 0 Å². The average molecular weight is 287 g/mol. The van der Waals surface area contributed by atoms with Gasteiger partial charge in [0.25, 0.3) is 0 Å². The normalized spacial score (nSPS) is 18.5. The van der Waals surface area contributed by atoms with Crippen LogP contribution in [-0.4, -0.2) is 16.6 Å². The zero-order chi connectivity index (χ0) is 13.9. The zero-order valence-corrected chi connectivity index (χ0v) is 14.2. The second-order valence-corrected chi connectivity index (χ2v) is 13.9. The van der Waals surface area contributed by atoms with Gasteiger partial charge in [-0.25, -0.2) is 0 Å². The summed E-state index contributed by atoms with van der Waals surface area (Å²) < 4.78 is 6.66. The molecule has 0 aliphatic heterocycles. The van der Waals surface area contributed by atoms with Gasteiger partial charge in [0.2, 0.25) is 16.6 Å². The monoisotopic (exact) mass is 286 g/mol. The molecule has 3 heteroatoms. The van der Waals surface area contributed by atoms with E-state index in [9.17, 15) is 0 Å². The standard InChI is InChI=1S/C16H22OSi2/c1-18(2,15-11-7-5-6-8-12-15)17-19(3,4)16-13-9-10-14-16/h5-7,9-13H,8H2,1-4H3. The van der Waals surface area contributed by atoms with Gasteiger partial charge in [0, 0.05) is 5.20 Å². The molecule has 0 heterocycles. The summed E-state index contributed by atoms with van der Waals surface area (Å²) in [5, 5.41) is 2.66. The summed E-state index contributed by atoms with van der Waals surface area (Å²) in [5.41, 5.74) is 3.32. The van der Waals surface area contributed by atoms with Crippen LogP contribution in [0.15, 0.2) is 64.7 Å². The molecule has 0 saturated carbocycles. The first kappa shape index (κ1) is 14.3. The van der Waals surface area contributed by atoms with Crippen LogP contribution in [0.3, 0.4) is 0 Å². The molecular weight excluding hydrogens is 264 g/mol. The molecular formula is C16H22OSi2. The van der Waals surface area contributed by atoms with E-state index in [1.807, 2.05) is 6.08 Å². The van der Waals surface area contributed by atoms with Gasteiger partial charge < -0.3 is 4.12 Å². The van der Waals surface area contributed by atoms with Crippen molar-refractivity contribution in [1.29, 1.82) is 0 Å². The summed E-state index contributed by atoms with van der Waals surface area (Å²) in [6.07, 6.45) is 18.1. The van der Waals surface area contributed by atoms with Gasteiger partial charge in [-0.2, -0.15) is 0 Å². The minimum atomic E-state index is -1.85. The van der Waals surface area contributed by atoms with Crippen molar-refractivity contribution < 1.29 is 4.12 Å². The second-order valence-electron chi connectivity index (χ2n) is 5.89. The van der Waals surface area contributed by atoms with Gasteiger partial charge in [-0.05, 0) is 43.9 Å². The third-order valence-electron chi connectivity index (χ3n) is 3.45. The lowest BCUT2D eigenvalue weighted by atomic mass is 10.4. The van der Waals surface area contributed by atoms with Crippen molar-refractivity contribution in [3.8, 4) is 0 Å². The molecule has 0 radical (unpaired) electrons. The first-order chi connectivity index (χ1) is 8.92. The van der Waals surface area contributed by atoms with Gasteiger partial charge in [0.1, 0.15) is 0 Å². The average Bonchev–Trinajstić information content (AvgIpc) is 2.71. The highest BCUT2D eigenvalue weighted by molar-refractivity contribution is 6.92. The first-order valence-electron chi connectivity index (χ1n) is 6.80. The molecule has 2 aliphatic rings. The Morgan fingerprint density at radius 2 is 1.79 bits per heavy atom. The highest BCUT2D eigenvalue weighted by Crippen LogP contribution is 2.28. The van der Waals surface area contributed by atoms with Crippen LogP contribution < -0.4 is 0 Å². The summed E-state index contributed by atoms with van der Waals surface area (Å²) >= 11 is 0. The number of rotatable bonds is 4. The molecule has 0 saturated heterocycles. The van der Waals surface area contributed by atoms with Gasteiger partial charge in [-0.3, -0.25) is 0 Å². The fourth-order valence-electron chi connectivity index (χ4n) is 2.48. The first-order valence-corrected chi connectivity index (χ1v) is 12.6. The Morgan fingerprint density at radius 1 is 1.00 bits per heavy atom. The van der Waals surface area contributed by atoms with Crippen LogP contribution in [0.25, 0.3) is 0 Å². The van der Waals surface area contributed by atoms with E-state index in [1.54, 1.807) is 0 Å². The molecule has 100 valence electrons. The molecule has 0 aromatic rings. The Labute approximate surface area is 118 Å². The van der Waals surface area contributed by atoms with E-state index in [2.05, 4.69) is 74.5 Å². The molecule has 0 unspecified atom stereocenters. The molecule has 2 aliphatic carbocycles. The van der Waals surface area contributed by atoms with Gasteiger partial charge in [-0.15, -0.1) is 5.73 Å². The molecule has 0 aromatic heterocycles. The molecule has 0 amide bonds. The second kappa shape index (κ2) is 5.47. The van der Waals surface area contributed by atoms with E-state index in [0.717, 1.165) is 6.42 Å². The van der Waals surface area contributed by atoms with Crippen LogP contribution in [0.4, 0.5) is 0 Å². The third kappa shape index (κ3) is 3.45. The van der Waals surface area contributed by atoms with E-state index in [0.29, 0.717) is 0 Å². The molecule has 0 N–H and O–H groups in total. The summed E-state index contributed by atoms with van der Waals surface area (Å²) in [6, 6.07) is 0. The SMILES string of the molecule is C[Si](C)(O[Si](C)(C)C1=CCC=CC=C1)C1=C=CC=C1. The minimum Gasteiger partial charge on any atom is -0.448 e. The molecule has 0 atom stereocenters. The summed E-state index contributed by atoms with van der Waals surface area (Å²) in [5.74, 6) is 0. The maximum atomic E-state index is 6.66. The molecule has 0 bridgehead atoms. The quantitative estimate of drug-likeness (QED) is 0.543. The van der Waals surface area contributed by atoms with Crippen molar-refractivity contribution in [2.24, 2.45) is 0 Å². The Morgan fingerprint density at radius 3 is 2.47 bits per heavy atom. The Bertz CT molecular complexity index is 539. The van der Waals surface area contributed by atoms with Gasteiger partial charge in [0.05, 0.1) is 0 Å². The molecule has 0 spiro atoms. The van der Waals surface area contributed by atoms with Crippen LogP contribution >= 0.6 is 0 Å². The number of allylic oxidation sites excluding steroid dienone is 9. The predicted molar refractivity (Wildman–Crippen MR) is 87.8 cm³/mol. The van der Waals surface area contributed by atoms with Crippen molar-refractivity contribution in [3.63, 3.8) is 0 Å². The van der Waals surface area contributed by atoms with Gasteiger partial charge in [-0.1, -0.05) is 42.5 Å². The van der Waals surface area contributed by atoms with Crippen molar-refractivity contribution in [2.75, 3.05) is 0 Å². The van der Waals surface area contributed by atoms with Crippen LogP contribution in [-0.2, 0) is 4.12 Å². The topological polar surface area (TPSA) is 9.23 Å². The molecule has 0 aromatic carbocycles. The van der Waals surface area contributed by atoms with Crippen molar-refractivity contribution >= 4 is 16.6 Å². The van der Waals surface area contributed by atoms with Crippen molar-refractivity contribution in [3.05, 3.63) is 64.7 Å². The van der Waals surface area contributed by atoms with Gasteiger partial charge in [0.15, 0.2) is 0 Å². The summed E-state index contributed by atoms with van der Waals surface area (Å²) in [6.45, 7) is 9.14. The molecule has 2 rings (SSSR count). The van der Waals surface area contributed by atoms with Crippen LogP contribution in [0.5, 0.6) is 0 Å². The number of hydrogen-bond acceptors (Lipinski definition) is 1. The Balaban J connectivity index is 2.19. The Hall–Kier alpha value is -1.13. The van der Waals surface area contributed by atoms with Crippen molar-refractivity contribution in [1.82, 2.24) is 0 Å². The third-order valence-corrected chi connectivity index (χ3v) is 10.9. The predicted octanol–water partition coefficient (Wildman–Crippen LogP) is 4.59. The van der Waals surface area contributed by atoms with E-state index >= 15 is 0 Å². The van der Waals surface area contributed by atoms with E-state index in [-0.39, 0.29) is 0 Å². The highest BCUT2D eigenvalue weighted by atomic mass is 28.4. The molecule has 1 nitrogen and oxygen atoms in total. The maximum absolute atomic E-state index is 6.66.